The van der Waals surface area contributed by atoms with Gasteiger partial charge in [-0.25, -0.2) is 4.98 Å². The molecule has 1 aromatic rings. The average Bonchev–Trinajstić information content (AvgIpc) is 2.15. The van der Waals surface area contributed by atoms with Crippen LogP contribution in [0.1, 0.15) is 32.8 Å². The van der Waals surface area contributed by atoms with Gasteiger partial charge in [0.2, 0.25) is 0 Å². The SMILES string of the molecule is CC(C)(C)NCCC(=O)Cc1ccnc(N)c1. The quantitative estimate of drug-likeness (QED) is 0.812. The molecule has 1 rings (SSSR count). The summed E-state index contributed by atoms with van der Waals surface area (Å²) in [4.78, 5) is 15.6. The van der Waals surface area contributed by atoms with Crippen LogP contribution < -0.4 is 11.1 Å². The van der Waals surface area contributed by atoms with Gasteiger partial charge >= 0.3 is 0 Å². The van der Waals surface area contributed by atoms with Gasteiger partial charge in [0.15, 0.2) is 0 Å². The minimum Gasteiger partial charge on any atom is -0.384 e. The van der Waals surface area contributed by atoms with Crippen molar-refractivity contribution in [2.45, 2.75) is 39.2 Å². The number of nitrogen functional groups attached to an aromatic ring is 1. The summed E-state index contributed by atoms with van der Waals surface area (Å²) in [6.45, 7) is 6.96. The molecule has 0 bridgehead atoms. The molecule has 1 heterocycles. The fraction of sp³-hybridized carbons (Fsp3) is 0.538. The number of carbonyl (C=O) groups is 1. The number of nitrogens with two attached hydrogens (primary N) is 1. The molecule has 17 heavy (non-hydrogen) atoms. The van der Waals surface area contributed by atoms with Crippen LogP contribution in [0.4, 0.5) is 5.82 Å². The molecule has 4 nitrogen and oxygen atoms in total. The molecule has 4 heteroatoms. The molecule has 0 aromatic carbocycles. The summed E-state index contributed by atoms with van der Waals surface area (Å²) in [5.74, 6) is 0.676. The van der Waals surface area contributed by atoms with Crippen LogP contribution in [0.2, 0.25) is 0 Å². The number of hydrogen-bond donors (Lipinski definition) is 2. The zero-order valence-corrected chi connectivity index (χ0v) is 10.8. The number of ketones is 1. The van der Waals surface area contributed by atoms with Gasteiger partial charge in [0.1, 0.15) is 11.6 Å². The van der Waals surface area contributed by atoms with E-state index in [9.17, 15) is 4.79 Å². The second kappa shape index (κ2) is 5.77. The van der Waals surface area contributed by atoms with E-state index in [1.54, 1.807) is 12.3 Å². The molecule has 94 valence electrons. The zero-order valence-electron chi connectivity index (χ0n) is 10.8. The number of Topliss-reactive ketones (excluding diaryl/α,β-unsaturated/α-hetero) is 1. The van der Waals surface area contributed by atoms with Crippen molar-refractivity contribution in [3.63, 3.8) is 0 Å². The maximum Gasteiger partial charge on any atom is 0.138 e. The second-order valence-electron chi connectivity index (χ2n) is 5.23. The third kappa shape index (κ3) is 6.02. The number of carbonyl (C=O) groups excluding carboxylic acids is 1. The Balaban J connectivity index is 2.35. The van der Waals surface area contributed by atoms with E-state index >= 15 is 0 Å². The summed E-state index contributed by atoms with van der Waals surface area (Å²) in [6.07, 6.45) is 2.60. The van der Waals surface area contributed by atoms with E-state index in [1.807, 2.05) is 6.07 Å². The highest BCUT2D eigenvalue weighted by atomic mass is 16.1. The molecule has 0 aliphatic rings. The van der Waals surface area contributed by atoms with Crippen LogP contribution in [0.5, 0.6) is 0 Å². The minimum atomic E-state index is 0.0569. The van der Waals surface area contributed by atoms with E-state index in [-0.39, 0.29) is 11.3 Å². The molecule has 0 saturated heterocycles. The molecule has 0 amide bonds. The summed E-state index contributed by atoms with van der Waals surface area (Å²) < 4.78 is 0. The summed E-state index contributed by atoms with van der Waals surface area (Å²) >= 11 is 0. The Bertz CT molecular complexity index is 382. The monoisotopic (exact) mass is 235 g/mol. The number of hydrogen-bond acceptors (Lipinski definition) is 4. The Morgan fingerprint density at radius 3 is 2.76 bits per heavy atom. The third-order valence-electron chi connectivity index (χ3n) is 2.31. The van der Waals surface area contributed by atoms with E-state index in [1.165, 1.54) is 0 Å². The lowest BCUT2D eigenvalue weighted by Crippen LogP contribution is -2.37. The number of nitrogens with zero attached hydrogens (tertiary/aromatic N) is 1. The summed E-state index contributed by atoms with van der Waals surface area (Å²) in [5, 5.41) is 3.29. The van der Waals surface area contributed by atoms with Crippen LogP contribution in [0.3, 0.4) is 0 Å². The lowest BCUT2D eigenvalue weighted by atomic mass is 10.1. The number of anilines is 1. The first-order chi connectivity index (χ1) is 7.87. The summed E-state index contributed by atoms with van der Waals surface area (Å²) in [7, 11) is 0. The van der Waals surface area contributed by atoms with E-state index in [0.29, 0.717) is 25.2 Å². The molecule has 0 radical (unpaired) electrons. The third-order valence-corrected chi connectivity index (χ3v) is 2.31. The highest BCUT2D eigenvalue weighted by Gasteiger charge is 2.10. The first-order valence-electron chi connectivity index (χ1n) is 5.84. The molecule has 0 aliphatic heterocycles. The van der Waals surface area contributed by atoms with Crippen molar-refractivity contribution in [3.05, 3.63) is 23.9 Å². The van der Waals surface area contributed by atoms with Gasteiger partial charge in [-0.15, -0.1) is 0 Å². The van der Waals surface area contributed by atoms with Crippen molar-refractivity contribution in [1.82, 2.24) is 10.3 Å². The lowest BCUT2D eigenvalue weighted by molar-refractivity contribution is -0.118. The van der Waals surface area contributed by atoms with Gasteiger partial charge in [0, 0.05) is 31.1 Å². The van der Waals surface area contributed by atoms with Crippen LogP contribution in [0.15, 0.2) is 18.3 Å². The van der Waals surface area contributed by atoms with Crippen molar-refractivity contribution in [2.24, 2.45) is 0 Å². The Labute approximate surface area is 103 Å². The molecular weight excluding hydrogens is 214 g/mol. The second-order valence-corrected chi connectivity index (χ2v) is 5.23. The lowest BCUT2D eigenvalue weighted by Gasteiger charge is -2.20. The highest BCUT2D eigenvalue weighted by Crippen LogP contribution is 2.05. The largest absolute Gasteiger partial charge is 0.384 e. The molecule has 3 N–H and O–H groups in total. The Kier molecular flexibility index (Phi) is 4.63. The fourth-order valence-corrected chi connectivity index (χ4v) is 1.50. The molecule has 0 aliphatic carbocycles. The van der Waals surface area contributed by atoms with Crippen molar-refractivity contribution >= 4 is 11.6 Å². The van der Waals surface area contributed by atoms with Crippen LogP contribution in [0, 0.1) is 0 Å². The topological polar surface area (TPSA) is 68.0 Å². The summed E-state index contributed by atoms with van der Waals surface area (Å²) in [5.41, 5.74) is 6.54. The number of aromatic nitrogens is 1. The van der Waals surface area contributed by atoms with E-state index < -0.39 is 0 Å². The van der Waals surface area contributed by atoms with Crippen molar-refractivity contribution < 1.29 is 4.79 Å². The van der Waals surface area contributed by atoms with E-state index in [2.05, 4.69) is 31.1 Å². The van der Waals surface area contributed by atoms with Gasteiger partial charge in [-0.05, 0) is 38.5 Å². The van der Waals surface area contributed by atoms with Gasteiger partial charge in [-0.3, -0.25) is 4.79 Å². The summed E-state index contributed by atoms with van der Waals surface area (Å²) in [6, 6.07) is 3.57. The number of nitrogens with one attached hydrogen (secondary N) is 1. The molecule has 0 spiro atoms. The maximum absolute atomic E-state index is 11.7. The zero-order chi connectivity index (χ0) is 12.9. The first kappa shape index (κ1) is 13.6. The molecule has 1 aromatic heterocycles. The molecule has 0 atom stereocenters. The predicted octanol–water partition coefficient (Wildman–Crippen LogP) is 1.55. The van der Waals surface area contributed by atoms with E-state index in [4.69, 9.17) is 5.73 Å². The van der Waals surface area contributed by atoms with Gasteiger partial charge < -0.3 is 11.1 Å². The average molecular weight is 235 g/mol. The Hall–Kier alpha value is -1.42. The molecule has 0 saturated carbocycles. The number of pyridine rings is 1. The Morgan fingerprint density at radius 1 is 1.47 bits per heavy atom. The van der Waals surface area contributed by atoms with E-state index in [0.717, 1.165) is 5.56 Å². The van der Waals surface area contributed by atoms with Crippen LogP contribution in [-0.4, -0.2) is 22.9 Å². The van der Waals surface area contributed by atoms with Crippen molar-refractivity contribution in [2.75, 3.05) is 12.3 Å². The van der Waals surface area contributed by atoms with Gasteiger partial charge in [-0.1, -0.05) is 0 Å². The number of rotatable bonds is 5. The van der Waals surface area contributed by atoms with Gasteiger partial charge in [0.25, 0.3) is 0 Å². The predicted molar refractivity (Wildman–Crippen MR) is 69.7 cm³/mol. The Morgan fingerprint density at radius 2 is 2.18 bits per heavy atom. The van der Waals surface area contributed by atoms with Gasteiger partial charge in [-0.2, -0.15) is 0 Å². The standard InChI is InChI=1S/C13H21N3O/c1-13(2,3)16-7-5-11(17)8-10-4-6-15-12(14)9-10/h4,6,9,16H,5,7-8H2,1-3H3,(H2,14,15). The maximum atomic E-state index is 11.7. The van der Waals surface area contributed by atoms with Crippen LogP contribution >= 0.6 is 0 Å². The fourth-order valence-electron chi connectivity index (χ4n) is 1.50. The normalized spacial score (nSPS) is 11.5. The van der Waals surface area contributed by atoms with Crippen LogP contribution in [-0.2, 0) is 11.2 Å². The first-order valence-corrected chi connectivity index (χ1v) is 5.84. The van der Waals surface area contributed by atoms with Crippen molar-refractivity contribution in [3.8, 4) is 0 Å². The van der Waals surface area contributed by atoms with Crippen LogP contribution in [0.25, 0.3) is 0 Å². The molecule has 0 unspecified atom stereocenters. The van der Waals surface area contributed by atoms with Gasteiger partial charge in [0.05, 0.1) is 0 Å². The van der Waals surface area contributed by atoms with Crippen molar-refractivity contribution in [1.29, 1.82) is 0 Å². The molecular formula is C13H21N3O. The minimum absolute atomic E-state index is 0.0569. The smallest absolute Gasteiger partial charge is 0.138 e. The highest BCUT2D eigenvalue weighted by molar-refractivity contribution is 5.81. The molecule has 0 fully saturated rings.